The topological polar surface area (TPSA) is 41.1 Å². The summed E-state index contributed by atoms with van der Waals surface area (Å²) in [5.74, 6) is -0.306. The fourth-order valence-corrected chi connectivity index (χ4v) is 2.61. The van der Waals surface area contributed by atoms with Crippen molar-refractivity contribution >= 4 is 21.8 Å². The van der Waals surface area contributed by atoms with Gasteiger partial charge in [0.25, 0.3) is 0 Å². The van der Waals surface area contributed by atoms with Gasteiger partial charge in [0.15, 0.2) is 0 Å². The minimum atomic E-state index is -0.301. The van der Waals surface area contributed by atoms with Crippen molar-refractivity contribution in [1.29, 1.82) is 0 Å². The first-order valence-electron chi connectivity index (χ1n) is 6.11. The molecule has 0 radical (unpaired) electrons. The van der Waals surface area contributed by atoms with Gasteiger partial charge in [0, 0.05) is 11.0 Å². The van der Waals surface area contributed by atoms with Gasteiger partial charge < -0.3 is 10.6 Å². The lowest BCUT2D eigenvalue weighted by atomic mass is 10.0. The van der Waals surface area contributed by atoms with Crippen molar-refractivity contribution in [2.24, 2.45) is 0 Å². The van der Waals surface area contributed by atoms with Gasteiger partial charge in [-0.1, -0.05) is 22.4 Å². The fraction of sp³-hybridized carbons (Fsp3) is 0.462. The molecule has 0 aromatic heterocycles. The van der Waals surface area contributed by atoms with Crippen molar-refractivity contribution in [1.82, 2.24) is 10.6 Å². The maximum atomic E-state index is 13.2. The lowest BCUT2D eigenvalue weighted by Gasteiger charge is -2.22. The highest BCUT2D eigenvalue weighted by Gasteiger charge is 2.19. The maximum absolute atomic E-state index is 13.2. The third kappa shape index (κ3) is 3.78. The second-order valence-corrected chi connectivity index (χ2v) is 5.41. The average Bonchev–Trinajstić information content (AvgIpc) is 2.36. The first kappa shape index (κ1) is 13.5. The van der Waals surface area contributed by atoms with Crippen molar-refractivity contribution < 1.29 is 9.18 Å². The number of nitrogens with one attached hydrogen (secondary N) is 2. The first-order chi connectivity index (χ1) is 8.65. The number of hydrogen-bond acceptors (Lipinski definition) is 2. The van der Waals surface area contributed by atoms with Crippen molar-refractivity contribution in [2.75, 3.05) is 6.54 Å². The molecule has 1 amide bonds. The summed E-state index contributed by atoms with van der Waals surface area (Å²) < 4.78 is 13.8. The van der Waals surface area contributed by atoms with E-state index in [1.165, 1.54) is 12.1 Å². The molecule has 2 rings (SSSR count). The number of hydrogen-bond donors (Lipinski definition) is 2. The Morgan fingerprint density at radius 3 is 2.94 bits per heavy atom. The van der Waals surface area contributed by atoms with Crippen molar-refractivity contribution in [3.63, 3.8) is 0 Å². The Morgan fingerprint density at radius 1 is 1.44 bits per heavy atom. The molecule has 0 unspecified atom stereocenters. The first-order valence-corrected chi connectivity index (χ1v) is 6.90. The van der Waals surface area contributed by atoms with Crippen molar-refractivity contribution in [3.05, 3.63) is 34.1 Å². The minimum absolute atomic E-state index is 0.00455. The Balaban J connectivity index is 1.88. The highest BCUT2D eigenvalue weighted by Crippen LogP contribution is 2.15. The minimum Gasteiger partial charge on any atom is -0.351 e. The number of amides is 1. The van der Waals surface area contributed by atoms with E-state index in [2.05, 4.69) is 26.6 Å². The molecule has 3 nitrogen and oxygen atoms in total. The molecule has 5 heteroatoms. The highest BCUT2D eigenvalue weighted by molar-refractivity contribution is 9.10. The number of carbonyl (C=O) groups excluding carboxylic acids is 1. The van der Waals surface area contributed by atoms with Crippen LogP contribution in [0, 0.1) is 5.82 Å². The summed E-state index contributed by atoms with van der Waals surface area (Å²) in [5.41, 5.74) is 0.756. The van der Waals surface area contributed by atoms with Crippen LogP contribution < -0.4 is 10.6 Å². The molecule has 1 aliphatic rings. The molecule has 0 bridgehead atoms. The monoisotopic (exact) mass is 314 g/mol. The van der Waals surface area contributed by atoms with E-state index in [9.17, 15) is 9.18 Å². The predicted octanol–water partition coefficient (Wildman–Crippen LogP) is 2.35. The predicted molar refractivity (Wildman–Crippen MR) is 71.6 cm³/mol. The van der Waals surface area contributed by atoms with Gasteiger partial charge in [-0.2, -0.15) is 0 Å². The second kappa shape index (κ2) is 6.29. The SMILES string of the molecule is O=C(NCc1cc(F)cc(Br)c1)[C@H]1CCCCN1. The van der Waals surface area contributed by atoms with Crippen LogP contribution in [-0.2, 0) is 11.3 Å². The van der Waals surface area contributed by atoms with E-state index in [0.29, 0.717) is 11.0 Å². The van der Waals surface area contributed by atoms with Crippen LogP contribution in [0.25, 0.3) is 0 Å². The van der Waals surface area contributed by atoms with E-state index in [0.717, 1.165) is 31.4 Å². The summed E-state index contributed by atoms with van der Waals surface area (Å²) >= 11 is 3.23. The normalized spacial score (nSPS) is 19.6. The molecule has 1 aromatic rings. The van der Waals surface area contributed by atoms with Crippen LogP contribution in [0.1, 0.15) is 24.8 Å². The van der Waals surface area contributed by atoms with Crippen LogP contribution in [0.5, 0.6) is 0 Å². The lowest BCUT2D eigenvalue weighted by Crippen LogP contribution is -2.46. The van der Waals surface area contributed by atoms with Crippen LogP contribution in [0.2, 0.25) is 0 Å². The van der Waals surface area contributed by atoms with E-state index in [1.807, 2.05) is 0 Å². The summed E-state index contributed by atoms with van der Waals surface area (Å²) in [6.45, 7) is 1.25. The van der Waals surface area contributed by atoms with Gasteiger partial charge in [-0.15, -0.1) is 0 Å². The molecule has 98 valence electrons. The van der Waals surface area contributed by atoms with E-state index in [4.69, 9.17) is 0 Å². The molecular weight excluding hydrogens is 299 g/mol. The van der Waals surface area contributed by atoms with E-state index in [-0.39, 0.29) is 17.8 Å². The van der Waals surface area contributed by atoms with Crippen LogP contribution in [-0.4, -0.2) is 18.5 Å². The summed E-state index contributed by atoms with van der Waals surface area (Å²) in [7, 11) is 0. The van der Waals surface area contributed by atoms with Crippen LogP contribution >= 0.6 is 15.9 Å². The van der Waals surface area contributed by atoms with E-state index < -0.39 is 0 Å². The molecular formula is C13H16BrFN2O. The lowest BCUT2D eigenvalue weighted by molar-refractivity contribution is -0.123. The zero-order valence-electron chi connectivity index (χ0n) is 10.0. The Morgan fingerprint density at radius 2 is 2.28 bits per heavy atom. The van der Waals surface area contributed by atoms with Gasteiger partial charge in [0.2, 0.25) is 5.91 Å². The van der Waals surface area contributed by atoms with Crippen LogP contribution in [0.4, 0.5) is 4.39 Å². The summed E-state index contributed by atoms with van der Waals surface area (Å²) in [4.78, 5) is 11.9. The average molecular weight is 315 g/mol. The Labute approximate surface area is 114 Å². The molecule has 1 heterocycles. The van der Waals surface area contributed by atoms with Gasteiger partial charge >= 0.3 is 0 Å². The molecule has 0 saturated carbocycles. The third-order valence-corrected chi connectivity index (χ3v) is 3.47. The van der Waals surface area contributed by atoms with E-state index in [1.54, 1.807) is 6.07 Å². The zero-order chi connectivity index (χ0) is 13.0. The molecule has 18 heavy (non-hydrogen) atoms. The van der Waals surface area contributed by atoms with E-state index >= 15 is 0 Å². The van der Waals surface area contributed by atoms with Crippen LogP contribution in [0.3, 0.4) is 0 Å². The number of carbonyl (C=O) groups is 1. The number of piperidine rings is 1. The largest absolute Gasteiger partial charge is 0.351 e. The standard InChI is InChI=1S/C13H16BrFN2O/c14-10-5-9(6-11(15)7-10)8-17-13(18)12-3-1-2-4-16-12/h5-7,12,16H,1-4,8H2,(H,17,18)/t12-/m1/s1. The summed E-state index contributed by atoms with van der Waals surface area (Å²) in [6.07, 6.45) is 3.08. The second-order valence-electron chi connectivity index (χ2n) is 4.50. The number of halogens is 2. The quantitative estimate of drug-likeness (QED) is 0.899. The molecule has 2 N–H and O–H groups in total. The zero-order valence-corrected chi connectivity index (χ0v) is 11.6. The highest BCUT2D eigenvalue weighted by atomic mass is 79.9. The van der Waals surface area contributed by atoms with Crippen molar-refractivity contribution in [2.45, 2.75) is 31.8 Å². The number of rotatable bonds is 3. The Hall–Kier alpha value is -0.940. The fourth-order valence-electron chi connectivity index (χ4n) is 2.10. The van der Waals surface area contributed by atoms with Gasteiger partial charge in [0.05, 0.1) is 6.04 Å². The number of benzene rings is 1. The molecule has 1 atom stereocenters. The molecule has 0 aliphatic carbocycles. The smallest absolute Gasteiger partial charge is 0.237 e. The maximum Gasteiger partial charge on any atom is 0.237 e. The van der Waals surface area contributed by atoms with Gasteiger partial charge in [-0.05, 0) is 43.1 Å². The molecule has 1 aromatic carbocycles. The van der Waals surface area contributed by atoms with Gasteiger partial charge in [-0.25, -0.2) is 4.39 Å². The Bertz CT molecular complexity index is 413. The van der Waals surface area contributed by atoms with Gasteiger partial charge in [-0.3, -0.25) is 4.79 Å². The summed E-state index contributed by atoms with van der Waals surface area (Å²) in [6, 6.07) is 4.53. The van der Waals surface area contributed by atoms with Gasteiger partial charge in [0.1, 0.15) is 5.82 Å². The molecule has 1 aliphatic heterocycles. The molecule has 0 spiro atoms. The third-order valence-electron chi connectivity index (χ3n) is 3.02. The van der Waals surface area contributed by atoms with Crippen LogP contribution in [0.15, 0.2) is 22.7 Å². The Kier molecular flexibility index (Phi) is 4.72. The van der Waals surface area contributed by atoms with Crippen molar-refractivity contribution in [3.8, 4) is 0 Å². The molecule has 1 fully saturated rings. The molecule has 1 saturated heterocycles. The summed E-state index contributed by atoms with van der Waals surface area (Å²) in [5, 5.41) is 6.02.